The molecular weight excluding hydrogens is 672 g/mol. The van der Waals surface area contributed by atoms with Crippen LogP contribution in [0.4, 0.5) is 4.79 Å². The first kappa shape index (κ1) is 43.6. The lowest BCUT2D eigenvalue weighted by Gasteiger charge is -2.35. The van der Waals surface area contributed by atoms with Crippen molar-refractivity contribution in [1.82, 2.24) is 26.2 Å². The number of Topliss-reactive ketones (excluding diaryl/α,β-unsaturated/α-hetero) is 1. The summed E-state index contributed by atoms with van der Waals surface area (Å²) >= 11 is 0. The zero-order valence-corrected chi connectivity index (χ0v) is 32.0. The summed E-state index contributed by atoms with van der Waals surface area (Å²) in [7, 11) is 0. The average molecular weight is 731 g/mol. The second-order valence-corrected chi connectivity index (χ2v) is 15.6. The molecule has 1 saturated heterocycles. The van der Waals surface area contributed by atoms with E-state index in [-0.39, 0.29) is 31.9 Å². The van der Waals surface area contributed by atoms with Crippen LogP contribution in [0.15, 0.2) is 30.3 Å². The molecule has 15 nitrogen and oxygen atoms in total. The second-order valence-electron chi connectivity index (χ2n) is 15.6. The van der Waals surface area contributed by atoms with E-state index in [0.717, 1.165) is 0 Å². The Morgan fingerprint density at radius 2 is 1.58 bits per heavy atom. The predicted octanol–water partition coefficient (Wildman–Crippen LogP) is 2.27. The maximum absolute atomic E-state index is 14.2. The van der Waals surface area contributed by atoms with Gasteiger partial charge in [0.05, 0.1) is 30.9 Å². The van der Waals surface area contributed by atoms with E-state index in [0.29, 0.717) is 18.4 Å². The standard InChI is InChI=1S/C37H58N6O9/c1-10-11-17-25(29(45)33(48)39-19-27(44)41-28(31(38)46)23-15-13-12-14-16-23)40-32(47)26-18-24(52-37(7,8)9)20-43(26)34(49)30(36(4,5)6)42-35(50)51-21-22(2)3/h12-16,22,24-26,28,30H,10-11,17-21H2,1-9H3,(H2,38,46)(H,39,48)(H,40,47)(H,41,44)(H,42,50)/t24-,25?,26+,28+,30-/m1/s1. The molecule has 1 unspecified atom stereocenters. The van der Waals surface area contributed by atoms with Crippen LogP contribution < -0.4 is 27.0 Å². The molecule has 0 spiro atoms. The Hall–Kier alpha value is -4.53. The number of likely N-dealkylation sites (tertiary alicyclic amines) is 1. The Balaban J connectivity index is 2.25. The van der Waals surface area contributed by atoms with Gasteiger partial charge in [0.15, 0.2) is 0 Å². The number of nitrogens with one attached hydrogen (secondary N) is 4. The normalized spacial score (nSPS) is 17.8. The van der Waals surface area contributed by atoms with Crippen molar-refractivity contribution in [2.45, 2.75) is 124 Å². The molecule has 0 radical (unpaired) electrons. The maximum atomic E-state index is 14.2. The van der Waals surface area contributed by atoms with Crippen molar-refractivity contribution in [2.75, 3.05) is 19.7 Å². The number of hydrogen-bond acceptors (Lipinski definition) is 9. The maximum Gasteiger partial charge on any atom is 0.407 e. The summed E-state index contributed by atoms with van der Waals surface area (Å²) in [5, 5.41) is 10.1. The van der Waals surface area contributed by atoms with Crippen LogP contribution in [0.3, 0.4) is 0 Å². The first-order valence-corrected chi connectivity index (χ1v) is 17.8. The summed E-state index contributed by atoms with van der Waals surface area (Å²) in [4.78, 5) is 93.2. The number of hydrogen-bond donors (Lipinski definition) is 5. The summed E-state index contributed by atoms with van der Waals surface area (Å²) in [6, 6.07) is 3.72. The van der Waals surface area contributed by atoms with Crippen LogP contribution in [-0.4, -0.2) is 95.8 Å². The molecule has 15 heteroatoms. The van der Waals surface area contributed by atoms with Gasteiger partial charge in [-0.1, -0.05) is 84.7 Å². The number of rotatable bonds is 17. The van der Waals surface area contributed by atoms with E-state index < -0.39 is 89.2 Å². The molecular formula is C37H58N6O9. The number of primary amides is 1. The van der Waals surface area contributed by atoms with Gasteiger partial charge in [-0.2, -0.15) is 0 Å². The summed E-state index contributed by atoms with van der Waals surface area (Å²) in [6.07, 6.45) is 0.0556. The number of alkyl carbamates (subject to hydrolysis) is 1. The highest BCUT2D eigenvalue weighted by molar-refractivity contribution is 6.38. The average Bonchev–Trinajstić information content (AvgIpc) is 3.47. The van der Waals surface area contributed by atoms with Gasteiger partial charge in [-0.25, -0.2) is 4.79 Å². The minimum Gasteiger partial charge on any atom is -0.449 e. The highest BCUT2D eigenvalue weighted by atomic mass is 16.5. The van der Waals surface area contributed by atoms with E-state index in [2.05, 4.69) is 21.3 Å². The monoisotopic (exact) mass is 730 g/mol. The molecule has 0 saturated carbocycles. The smallest absolute Gasteiger partial charge is 0.407 e. The lowest BCUT2D eigenvalue weighted by molar-refractivity contribution is -0.144. The third-order valence-corrected chi connectivity index (χ3v) is 8.13. The topological polar surface area (TPSA) is 215 Å². The number of carbonyl (C=O) groups is 7. The molecule has 1 aliphatic rings. The fourth-order valence-electron chi connectivity index (χ4n) is 5.62. The number of amides is 6. The van der Waals surface area contributed by atoms with Crippen LogP contribution in [0.5, 0.6) is 0 Å². The Labute approximate surface area is 306 Å². The van der Waals surface area contributed by atoms with Gasteiger partial charge >= 0.3 is 6.09 Å². The third kappa shape index (κ3) is 13.9. The Bertz CT molecular complexity index is 1420. The van der Waals surface area contributed by atoms with Gasteiger partial charge in [-0.05, 0) is 44.1 Å². The number of carbonyl (C=O) groups excluding carboxylic acids is 7. The van der Waals surface area contributed by atoms with E-state index in [1.54, 1.807) is 51.1 Å². The van der Waals surface area contributed by atoms with Gasteiger partial charge in [0.1, 0.15) is 18.1 Å². The molecule has 5 atom stereocenters. The number of ketones is 1. The van der Waals surface area contributed by atoms with Crippen molar-refractivity contribution in [2.24, 2.45) is 17.1 Å². The van der Waals surface area contributed by atoms with Crippen LogP contribution >= 0.6 is 0 Å². The van der Waals surface area contributed by atoms with E-state index in [4.69, 9.17) is 15.2 Å². The van der Waals surface area contributed by atoms with E-state index in [9.17, 15) is 33.6 Å². The predicted molar refractivity (Wildman–Crippen MR) is 193 cm³/mol. The second kappa shape index (κ2) is 19.3. The van der Waals surface area contributed by atoms with Gasteiger partial charge in [0.2, 0.25) is 29.4 Å². The molecule has 290 valence electrons. The van der Waals surface area contributed by atoms with Crippen LogP contribution in [0.1, 0.15) is 99.6 Å². The molecule has 6 amide bonds. The summed E-state index contributed by atoms with van der Waals surface area (Å²) < 4.78 is 11.4. The van der Waals surface area contributed by atoms with Crippen molar-refractivity contribution in [1.29, 1.82) is 0 Å². The molecule has 52 heavy (non-hydrogen) atoms. The number of nitrogens with zero attached hydrogens (tertiary/aromatic N) is 1. The molecule has 1 heterocycles. The molecule has 1 aliphatic heterocycles. The molecule has 2 rings (SSSR count). The summed E-state index contributed by atoms with van der Waals surface area (Å²) in [5.74, 6) is -4.79. The number of nitrogens with two attached hydrogens (primary N) is 1. The minimum atomic E-state index is -1.26. The van der Waals surface area contributed by atoms with Crippen molar-refractivity contribution < 1.29 is 43.0 Å². The molecule has 1 fully saturated rings. The van der Waals surface area contributed by atoms with Gasteiger partial charge in [0.25, 0.3) is 5.91 Å². The quantitative estimate of drug-likeness (QED) is 0.149. The fraction of sp³-hybridized carbons (Fsp3) is 0.649. The van der Waals surface area contributed by atoms with Gasteiger partial charge in [-0.15, -0.1) is 0 Å². The molecule has 1 aromatic rings. The number of ether oxygens (including phenoxy) is 2. The minimum absolute atomic E-state index is 0.0436. The molecule has 1 aromatic carbocycles. The highest BCUT2D eigenvalue weighted by Crippen LogP contribution is 2.29. The van der Waals surface area contributed by atoms with Crippen molar-refractivity contribution in [3.05, 3.63) is 35.9 Å². The Kier molecular flexibility index (Phi) is 16.2. The van der Waals surface area contributed by atoms with Gasteiger partial charge in [0, 0.05) is 13.0 Å². The van der Waals surface area contributed by atoms with Gasteiger partial charge in [-0.3, -0.25) is 28.8 Å². The SMILES string of the molecule is CCCCC(NC(=O)[C@@H]1C[C@@H](OC(C)(C)C)CN1C(=O)[C@@H](NC(=O)OCC(C)C)C(C)(C)C)C(=O)C(=O)NCC(=O)N[C@H](C(N)=O)c1ccccc1. The lowest BCUT2D eigenvalue weighted by atomic mass is 9.85. The molecule has 0 aliphatic carbocycles. The van der Waals surface area contributed by atoms with Crippen LogP contribution in [0, 0.1) is 11.3 Å². The van der Waals surface area contributed by atoms with Gasteiger partial charge < -0.3 is 41.4 Å². The van der Waals surface area contributed by atoms with Crippen LogP contribution in [-0.2, 0) is 38.2 Å². The zero-order chi connectivity index (χ0) is 39.4. The van der Waals surface area contributed by atoms with E-state index in [1.165, 1.54) is 4.90 Å². The van der Waals surface area contributed by atoms with Crippen molar-refractivity contribution in [3.63, 3.8) is 0 Å². The van der Waals surface area contributed by atoms with Crippen LogP contribution in [0.2, 0.25) is 0 Å². The largest absolute Gasteiger partial charge is 0.449 e. The van der Waals surface area contributed by atoms with Crippen molar-refractivity contribution >= 4 is 41.4 Å². The lowest BCUT2D eigenvalue weighted by Crippen LogP contribution is -2.59. The zero-order valence-electron chi connectivity index (χ0n) is 32.0. The van der Waals surface area contributed by atoms with Crippen molar-refractivity contribution in [3.8, 4) is 0 Å². The third-order valence-electron chi connectivity index (χ3n) is 8.13. The number of unbranched alkanes of at least 4 members (excludes halogenated alkanes) is 1. The molecule has 0 bridgehead atoms. The fourth-order valence-corrected chi connectivity index (χ4v) is 5.62. The molecule has 0 aromatic heterocycles. The highest BCUT2D eigenvalue weighted by Gasteiger charge is 2.47. The van der Waals surface area contributed by atoms with E-state index in [1.807, 2.05) is 41.5 Å². The summed E-state index contributed by atoms with van der Waals surface area (Å²) in [5.41, 5.74) is 4.53. The summed E-state index contributed by atoms with van der Waals surface area (Å²) in [6.45, 7) is 16.1. The Morgan fingerprint density at radius 1 is 0.942 bits per heavy atom. The first-order valence-electron chi connectivity index (χ1n) is 17.8. The first-order chi connectivity index (χ1) is 24.1. The number of benzene rings is 1. The van der Waals surface area contributed by atoms with Crippen LogP contribution in [0.25, 0.3) is 0 Å². The Morgan fingerprint density at radius 3 is 2.12 bits per heavy atom. The van der Waals surface area contributed by atoms with E-state index >= 15 is 0 Å². The molecule has 6 N–H and O–H groups in total.